The van der Waals surface area contributed by atoms with Crippen molar-refractivity contribution in [2.45, 2.75) is 12.1 Å². The van der Waals surface area contributed by atoms with Crippen LogP contribution in [0, 0.1) is 0 Å². The highest BCUT2D eigenvalue weighted by Gasteiger charge is 2.47. The van der Waals surface area contributed by atoms with Gasteiger partial charge in [0.15, 0.2) is 0 Å². The molecule has 0 aromatic rings. The zero-order valence-electron chi connectivity index (χ0n) is 4.78. The minimum absolute atomic E-state index is 1.98. The summed E-state index contributed by atoms with van der Waals surface area (Å²) in [6.45, 7) is -2.10. The Bertz CT molecular complexity index is 139. The van der Waals surface area contributed by atoms with Crippen LogP contribution in [0.1, 0.15) is 0 Å². The van der Waals surface area contributed by atoms with Gasteiger partial charge in [-0.05, 0) is 0 Å². The summed E-state index contributed by atoms with van der Waals surface area (Å²) in [6, 6.07) is 0. The van der Waals surface area contributed by atoms with Crippen molar-refractivity contribution in [3.63, 3.8) is 0 Å². The Morgan fingerprint density at radius 3 is 2.00 bits per heavy atom. The Morgan fingerprint density at radius 1 is 1.60 bits per heavy atom. The molecule has 2 N–H and O–H groups in total. The molecule has 1 unspecified atom stereocenters. The van der Waals surface area contributed by atoms with Crippen LogP contribution >= 0.6 is 0 Å². The van der Waals surface area contributed by atoms with Crippen molar-refractivity contribution in [1.29, 1.82) is 0 Å². The SMILES string of the molecule is NC(=O)C(F)(CF)C(F)F. The molecule has 0 aromatic carbocycles. The highest BCUT2D eigenvalue weighted by atomic mass is 19.3. The lowest BCUT2D eigenvalue weighted by molar-refractivity contribution is -0.142. The van der Waals surface area contributed by atoms with Crippen LogP contribution in [-0.2, 0) is 4.79 Å². The zero-order valence-corrected chi connectivity index (χ0v) is 4.78. The van der Waals surface area contributed by atoms with E-state index in [4.69, 9.17) is 0 Å². The summed E-state index contributed by atoms with van der Waals surface area (Å²) in [5, 5.41) is 0. The van der Waals surface area contributed by atoms with Gasteiger partial charge in [0, 0.05) is 0 Å². The minimum Gasteiger partial charge on any atom is -0.367 e. The lowest BCUT2D eigenvalue weighted by Gasteiger charge is -2.15. The molecular weight excluding hydrogens is 154 g/mol. The van der Waals surface area contributed by atoms with Crippen LogP contribution in [0.2, 0.25) is 0 Å². The van der Waals surface area contributed by atoms with Crippen LogP contribution < -0.4 is 5.73 Å². The van der Waals surface area contributed by atoms with E-state index in [9.17, 15) is 22.4 Å². The fourth-order valence-electron chi connectivity index (χ4n) is 0.232. The molecule has 0 aromatic heterocycles. The van der Waals surface area contributed by atoms with Crippen LogP contribution in [-0.4, -0.2) is 24.7 Å². The highest BCUT2D eigenvalue weighted by Crippen LogP contribution is 2.20. The molecule has 0 saturated carbocycles. The summed E-state index contributed by atoms with van der Waals surface area (Å²) >= 11 is 0. The molecule has 1 atom stereocenters. The van der Waals surface area contributed by atoms with Gasteiger partial charge in [-0.3, -0.25) is 4.79 Å². The summed E-state index contributed by atoms with van der Waals surface area (Å²) in [7, 11) is 0. The molecule has 0 rings (SSSR count). The number of hydrogen-bond donors (Lipinski definition) is 1. The molecule has 6 heteroatoms. The average Bonchev–Trinajstić information content (AvgIpc) is 1.85. The van der Waals surface area contributed by atoms with Crippen LogP contribution in [0.15, 0.2) is 0 Å². The van der Waals surface area contributed by atoms with Gasteiger partial charge in [-0.2, -0.15) is 0 Å². The minimum atomic E-state index is -3.82. The monoisotopic (exact) mass is 159 g/mol. The average molecular weight is 159 g/mol. The van der Waals surface area contributed by atoms with E-state index in [0.29, 0.717) is 0 Å². The van der Waals surface area contributed by atoms with E-state index in [0.717, 1.165) is 0 Å². The molecule has 0 radical (unpaired) electrons. The Hall–Kier alpha value is -0.810. The smallest absolute Gasteiger partial charge is 0.283 e. The van der Waals surface area contributed by atoms with Crippen LogP contribution in [0.3, 0.4) is 0 Å². The molecule has 10 heavy (non-hydrogen) atoms. The molecule has 0 fully saturated rings. The molecule has 0 saturated heterocycles. The van der Waals surface area contributed by atoms with Gasteiger partial charge in [0.2, 0.25) is 0 Å². The fourth-order valence-corrected chi connectivity index (χ4v) is 0.232. The molecule has 0 heterocycles. The van der Waals surface area contributed by atoms with E-state index >= 15 is 0 Å². The van der Waals surface area contributed by atoms with Crippen molar-refractivity contribution in [2.24, 2.45) is 5.73 Å². The first-order chi connectivity index (χ1) is 4.45. The Labute approximate surface area is 54.0 Å². The zero-order chi connectivity index (χ0) is 8.36. The number of hydrogen-bond acceptors (Lipinski definition) is 1. The van der Waals surface area contributed by atoms with E-state index in [2.05, 4.69) is 5.73 Å². The Morgan fingerprint density at radius 2 is 2.00 bits per heavy atom. The molecule has 0 aliphatic rings. The van der Waals surface area contributed by atoms with Gasteiger partial charge in [-0.25, -0.2) is 17.6 Å². The summed E-state index contributed by atoms with van der Waals surface area (Å²) in [5.41, 5.74) is 0.329. The lowest BCUT2D eigenvalue weighted by atomic mass is 10.1. The Kier molecular flexibility index (Phi) is 2.62. The van der Waals surface area contributed by atoms with Crippen molar-refractivity contribution in [3.05, 3.63) is 0 Å². The molecule has 0 spiro atoms. The molecule has 2 nitrogen and oxygen atoms in total. The summed E-state index contributed by atoms with van der Waals surface area (Å²) in [4.78, 5) is 9.82. The third-order valence-corrected chi connectivity index (χ3v) is 0.950. The number of carbonyl (C=O) groups is 1. The van der Waals surface area contributed by atoms with Crippen LogP contribution in [0.25, 0.3) is 0 Å². The summed E-state index contributed by atoms with van der Waals surface area (Å²) in [6.07, 6.45) is -3.71. The molecule has 0 aliphatic heterocycles. The predicted molar refractivity (Wildman–Crippen MR) is 25.0 cm³/mol. The molecule has 0 bridgehead atoms. The highest BCUT2D eigenvalue weighted by molar-refractivity contribution is 5.84. The van der Waals surface area contributed by atoms with Crippen molar-refractivity contribution >= 4 is 5.91 Å². The molecule has 1 amide bonds. The number of alkyl halides is 4. The first-order valence-electron chi connectivity index (χ1n) is 2.28. The maximum Gasteiger partial charge on any atom is 0.283 e. The molecule has 60 valence electrons. The summed E-state index contributed by atoms with van der Waals surface area (Å²) < 4.78 is 46.4. The van der Waals surface area contributed by atoms with Crippen molar-refractivity contribution < 1.29 is 22.4 Å². The van der Waals surface area contributed by atoms with Gasteiger partial charge in [0.25, 0.3) is 18.0 Å². The number of amides is 1. The predicted octanol–water partition coefficient (Wildman–Crippen LogP) is 0.415. The fraction of sp³-hybridized carbons (Fsp3) is 0.750. The lowest BCUT2D eigenvalue weighted by Crippen LogP contribution is -2.47. The maximum atomic E-state index is 12.2. The second-order valence-electron chi connectivity index (χ2n) is 1.66. The van der Waals surface area contributed by atoms with Crippen LogP contribution in [0.5, 0.6) is 0 Å². The standard InChI is InChI=1S/C4H5F4NO/c5-1-4(8,2(6)7)3(9)10/h2H,1H2,(H2,9,10). The van der Waals surface area contributed by atoms with E-state index < -0.39 is 24.7 Å². The number of halogens is 4. The van der Waals surface area contributed by atoms with Gasteiger partial charge < -0.3 is 5.73 Å². The van der Waals surface area contributed by atoms with E-state index in [1.807, 2.05) is 0 Å². The largest absolute Gasteiger partial charge is 0.367 e. The first kappa shape index (κ1) is 9.19. The van der Waals surface area contributed by atoms with Crippen LogP contribution in [0.4, 0.5) is 17.6 Å². The number of nitrogens with two attached hydrogens (primary N) is 1. The molecular formula is C4H5F4NO. The van der Waals surface area contributed by atoms with Gasteiger partial charge in [-0.15, -0.1) is 0 Å². The van der Waals surface area contributed by atoms with E-state index in [-0.39, 0.29) is 0 Å². The third kappa shape index (κ3) is 1.37. The van der Waals surface area contributed by atoms with Crippen molar-refractivity contribution in [3.8, 4) is 0 Å². The van der Waals surface area contributed by atoms with Crippen molar-refractivity contribution in [1.82, 2.24) is 0 Å². The van der Waals surface area contributed by atoms with Gasteiger partial charge in [0.1, 0.15) is 6.67 Å². The van der Waals surface area contributed by atoms with Gasteiger partial charge in [-0.1, -0.05) is 0 Å². The van der Waals surface area contributed by atoms with Crippen molar-refractivity contribution in [2.75, 3.05) is 6.67 Å². The third-order valence-electron chi connectivity index (χ3n) is 0.950. The molecule has 0 aliphatic carbocycles. The quantitative estimate of drug-likeness (QED) is 0.595. The van der Waals surface area contributed by atoms with Gasteiger partial charge in [0.05, 0.1) is 0 Å². The first-order valence-corrected chi connectivity index (χ1v) is 2.28. The topological polar surface area (TPSA) is 43.1 Å². The number of primary amides is 1. The number of rotatable bonds is 3. The summed E-state index contributed by atoms with van der Waals surface area (Å²) in [5.74, 6) is -1.98. The normalized spacial score (nSPS) is 16.9. The second-order valence-corrected chi connectivity index (χ2v) is 1.66. The second kappa shape index (κ2) is 2.85. The van der Waals surface area contributed by atoms with E-state index in [1.54, 1.807) is 0 Å². The van der Waals surface area contributed by atoms with Gasteiger partial charge >= 0.3 is 0 Å². The Balaban J connectivity index is 4.38. The maximum absolute atomic E-state index is 12.2. The number of carbonyl (C=O) groups excluding carboxylic acids is 1. The van der Waals surface area contributed by atoms with E-state index in [1.165, 1.54) is 0 Å².